The number of amides is 1. The number of nitrogens with one attached hydrogen (secondary N) is 1. The van der Waals surface area contributed by atoms with Crippen LogP contribution in [0.15, 0.2) is 59.7 Å². The fraction of sp³-hybridized carbons (Fsp3) is 0.238. The van der Waals surface area contributed by atoms with Crippen molar-refractivity contribution in [3.8, 4) is 0 Å². The molecule has 1 amide bonds. The summed E-state index contributed by atoms with van der Waals surface area (Å²) < 4.78 is 18.0. The highest BCUT2D eigenvalue weighted by Gasteiger charge is 2.14. The number of fused-ring (bicyclic) bond motifs is 1. The highest BCUT2D eigenvalue weighted by atomic mass is 19.1. The summed E-state index contributed by atoms with van der Waals surface area (Å²) in [5.74, 6) is -0.180. The van der Waals surface area contributed by atoms with Gasteiger partial charge in [0.1, 0.15) is 18.7 Å². The lowest BCUT2D eigenvalue weighted by atomic mass is 10.2. The first-order chi connectivity index (χ1) is 14.5. The van der Waals surface area contributed by atoms with E-state index in [-0.39, 0.29) is 30.5 Å². The number of halogens is 1. The van der Waals surface area contributed by atoms with E-state index in [1.165, 1.54) is 23.0 Å². The lowest BCUT2D eigenvalue weighted by Crippen LogP contribution is -2.33. The molecule has 154 valence electrons. The number of hydrogen-bond acceptors (Lipinski definition) is 4. The Morgan fingerprint density at radius 1 is 1.10 bits per heavy atom. The van der Waals surface area contributed by atoms with Crippen LogP contribution in [0, 0.1) is 5.82 Å². The SMILES string of the molecule is CCn1c(=O)n(CC(=O)NCc2ncn(Cc3cccc(F)c3)n2)c2ccccc21. The molecule has 4 rings (SSSR count). The summed E-state index contributed by atoms with van der Waals surface area (Å²) in [6, 6.07) is 13.7. The topological polar surface area (TPSA) is 86.7 Å². The van der Waals surface area contributed by atoms with E-state index in [9.17, 15) is 14.0 Å². The van der Waals surface area contributed by atoms with Crippen LogP contribution in [0.2, 0.25) is 0 Å². The van der Waals surface area contributed by atoms with Crippen LogP contribution in [-0.4, -0.2) is 29.8 Å². The van der Waals surface area contributed by atoms with E-state index < -0.39 is 0 Å². The van der Waals surface area contributed by atoms with Gasteiger partial charge in [-0.2, -0.15) is 5.10 Å². The fourth-order valence-corrected chi connectivity index (χ4v) is 3.42. The molecule has 0 saturated carbocycles. The number of aryl methyl sites for hydroxylation is 1. The smallest absolute Gasteiger partial charge is 0.329 e. The maximum Gasteiger partial charge on any atom is 0.329 e. The van der Waals surface area contributed by atoms with Crippen LogP contribution in [0.5, 0.6) is 0 Å². The zero-order chi connectivity index (χ0) is 21.1. The van der Waals surface area contributed by atoms with E-state index in [4.69, 9.17) is 0 Å². The van der Waals surface area contributed by atoms with Crippen LogP contribution >= 0.6 is 0 Å². The van der Waals surface area contributed by atoms with Gasteiger partial charge in [0.25, 0.3) is 0 Å². The number of benzene rings is 2. The van der Waals surface area contributed by atoms with E-state index >= 15 is 0 Å². The third kappa shape index (κ3) is 4.00. The van der Waals surface area contributed by atoms with Crippen molar-refractivity contribution in [2.24, 2.45) is 0 Å². The molecule has 2 aromatic carbocycles. The molecule has 0 bridgehead atoms. The Labute approximate surface area is 171 Å². The van der Waals surface area contributed by atoms with Gasteiger partial charge in [-0.25, -0.2) is 18.9 Å². The van der Waals surface area contributed by atoms with E-state index in [2.05, 4.69) is 15.4 Å². The van der Waals surface area contributed by atoms with E-state index in [0.29, 0.717) is 18.9 Å². The molecule has 4 aromatic rings. The first-order valence-electron chi connectivity index (χ1n) is 9.62. The lowest BCUT2D eigenvalue weighted by Gasteiger charge is -2.04. The minimum atomic E-state index is -0.308. The van der Waals surface area contributed by atoms with Crippen LogP contribution in [0.25, 0.3) is 11.0 Å². The molecule has 0 unspecified atom stereocenters. The summed E-state index contributed by atoms with van der Waals surface area (Å²) in [6.07, 6.45) is 1.53. The number of carbonyl (C=O) groups is 1. The van der Waals surface area contributed by atoms with Crippen LogP contribution in [0.4, 0.5) is 4.39 Å². The third-order valence-electron chi connectivity index (χ3n) is 4.80. The molecule has 0 aliphatic carbocycles. The summed E-state index contributed by atoms with van der Waals surface area (Å²) in [5, 5.41) is 7.04. The van der Waals surface area contributed by atoms with E-state index in [1.54, 1.807) is 21.4 Å². The molecule has 0 radical (unpaired) electrons. The van der Waals surface area contributed by atoms with Crippen LogP contribution in [-0.2, 0) is 31.0 Å². The van der Waals surface area contributed by atoms with Crippen molar-refractivity contribution in [1.29, 1.82) is 0 Å². The van der Waals surface area contributed by atoms with Gasteiger partial charge in [-0.3, -0.25) is 13.9 Å². The standard InChI is InChI=1S/C21H21FN6O2/c1-2-27-17-8-3-4-9-18(17)28(21(27)30)13-20(29)23-11-19-24-14-26(25-19)12-15-6-5-7-16(22)10-15/h3-10,14H,2,11-13H2,1H3,(H,23,29). The molecule has 0 spiro atoms. The lowest BCUT2D eigenvalue weighted by molar-refractivity contribution is -0.121. The predicted octanol–water partition coefficient (Wildman–Crippen LogP) is 1.92. The van der Waals surface area contributed by atoms with Crippen LogP contribution in [0.1, 0.15) is 18.3 Å². The van der Waals surface area contributed by atoms with Gasteiger partial charge in [-0.15, -0.1) is 0 Å². The Morgan fingerprint density at radius 3 is 2.60 bits per heavy atom. The van der Waals surface area contributed by atoms with Gasteiger partial charge >= 0.3 is 5.69 Å². The normalized spacial score (nSPS) is 11.1. The summed E-state index contributed by atoms with van der Waals surface area (Å²) in [7, 11) is 0. The first-order valence-corrected chi connectivity index (χ1v) is 9.62. The number of hydrogen-bond donors (Lipinski definition) is 1. The largest absolute Gasteiger partial charge is 0.347 e. The molecule has 0 atom stereocenters. The van der Waals surface area contributed by atoms with Gasteiger partial charge in [0.05, 0.1) is 24.1 Å². The minimum Gasteiger partial charge on any atom is -0.347 e. The van der Waals surface area contributed by atoms with Crippen molar-refractivity contribution in [3.05, 3.63) is 82.5 Å². The predicted molar refractivity (Wildman–Crippen MR) is 109 cm³/mol. The van der Waals surface area contributed by atoms with Crippen LogP contribution < -0.4 is 11.0 Å². The quantitative estimate of drug-likeness (QED) is 0.506. The first kappa shape index (κ1) is 19.6. The van der Waals surface area contributed by atoms with Gasteiger partial charge in [-0.05, 0) is 36.8 Å². The monoisotopic (exact) mass is 408 g/mol. The molecule has 8 nitrogen and oxygen atoms in total. The molecule has 1 N–H and O–H groups in total. The molecule has 30 heavy (non-hydrogen) atoms. The number of para-hydroxylation sites is 2. The highest BCUT2D eigenvalue weighted by Crippen LogP contribution is 2.12. The maximum atomic E-state index is 13.3. The maximum absolute atomic E-state index is 13.3. The zero-order valence-electron chi connectivity index (χ0n) is 16.5. The Hall–Kier alpha value is -3.75. The zero-order valence-corrected chi connectivity index (χ0v) is 16.5. The summed E-state index contributed by atoms with van der Waals surface area (Å²) in [5.41, 5.74) is 2.07. The van der Waals surface area contributed by atoms with Crippen molar-refractivity contribution in [1.82, 2.24) is 29.2 Å². The molecular formula is C21H21FN6O2. The van der Waals surface area contributed by atoms with Crippen molar-refractivity contribution >= 4 is 16.9 Å². The molecule has 2 heterocycles. The number of imidazole rings is 1. The van der Waals surface area contributed by atoms with Gasteiger partial charge < -0.3 is 5.32 Å². The van der Waals surface area contributed by atoms with Crippen molar-refractivity contribution in [2.75, 3.05) is 0 Å². The van der Waals surface area contributed by atoms with E-state index in [1.807, 2.05) is 31.2 Å². The molecule has 9 heteroatoms. The molecular weight excluding hydrogens is 387 g/mol. The highest BCUT2D eigenvalue weighted by molar-refractivity contribution is 5.80. The van der Waals surface area contributed by atoms with Gasteiger partial charge in [0, 0.05) is 6.54 Å². The minimum absolute atomic E-state index is 0.0870. The molecule has 0 fully saturated rings. The van der Waals surface area contributed by atoms with Crippen molar-refractivity contribution in [3.63, 3.8) is 0 Å². The van der Waals surface area contributed by atoms with Gasteiger partial charge in [0.15, 0.2) is 5.82 Å². The number of aromatic nitrogens is 5. The Bertz CT molecular complexity index is 1260. The van der Waals surface area contributed by atoms with Gasteiger partial charge in [0.2, 0.25) is 5.91 Å². The van der Waals surface area contributed by atoms with Crippen molar-refractivity contribution < 1.29 is 9.18 Å². The average molecular weight is 408 g/mol. The second kappa shape index (κ2) is 8.32. The van der Waals surface area contributed by atoms with E-state index in [0.717, 1.165) is 16.6 Å². The third-order valence-corrected chi connectivity index (χ3v) is 4.80. The van der Waals surface area contributed by atoms with Crippen molar-refractivity contribution in [2.45, 2.75) is 33.1 Å². The average Bonchev–Trinajstić information content (AvgIpc) is 3.29. The van der Waals surface area contributed by atoms with Crippen LogP contribution in [0.3, 0.4) is 0 Å². The summed E-state index contributed by atoms with van der Waals surface area (Å²) >= 11 is 0. The second-order valence-corrected chi connectivity index (χ2v) is 6.87. The number of rotatable bonds is 7. The second-order valence-electron chi connectivity index (χ2n) is 6.87. The summed E-state index contributed by atoms with van der Waals surface area (Å²) in [4.78, 5) is 29.2. The Morgan fingerprint density at radius 2 is 1.87 bits per heavy atom. The molecule has 0 aliphatic rings. The Balaban J connectivity index is 1.40. The number of carbonyl (C=O) groups excluding carboxylic acids is 1. The molecule has 2 aromatic heterocycles. The Kier molecular flexibility index (Phi) is 5.42. The summed E-state index contributed by atoms with van der Waals surface area (Å²) in [6.45, 7) is 2.85. The molecule has 0 saturated heterocycles. The fourth-order valence-electron chi connectivity index (χ4n) is 3.42. The number of nitrogens with zero attached hydrogens (tertiary/aromatic N) is 5. The van der Waals surface area contributed by atoms with Gasteiger partial charge in [-0.1, -0.05) is 24.3 Å². The molecule has 0 aliphatic heterocycles.